The molecule has 1 heterocycles. The molecule has 0 atom stereocenters. The molecular formula is C30H23NO2. The Labute approximate surface area is 192 Å². The fraction of sp³-hybridized carbons (Fsp3) is 0.0333. The minimum absolute atomic E-state index is 0.396. The van der Waals surface area contributed by atoms with E-state index in [0.717, 1.165) is 38.9 Å². The molecule has 0 aliphatic heterocycles. The fourth-order valence-electron chi connectivity index (χ4n) is 4.06. The first-order chi connectivity index (χ1) is 16.2. The maximum atomic E-state index is 12.6. The molecule has 0 aliphatic carbocycles. The lowest BCUT2D eigenvalue weighted by Crippen LogP contribution is -2.21. The first-order valence-corrected chi connectivity index (χ1v) is 10.9. The average molecular weight is 430 g/mol. The van der Waals surface area contributed by atoms with Crippen LogP contribution in [0.25, 0.3) is 33.4 Å². The van der Waals surface area contributed by atoms with E-state index in [1.807, 2.05) is 66.7 Å². The minimum Gasteiger partial charge on any atom is -0.425 e. The summed E-state index contributed by atoms with van der Waals surface area (Å²) in [4.78, 5) is 12.6. The molecule has 3 heteroatoms. The van der Waals surface area contributed by atoms with Crippen molar-refractivity contribution in [3.63, 3.8) is 0 Å². The summed E-state index contributed by atoms with van der Waals surface area (Å²) in [5, 5.41) is 10.2. The summed E-state index contributed by atoms with van der Waals surface area (Å²) in [6, 6.07) is 38.6. The molecule has 0 saturated heterocycles. The van der Waals surface area contributed by atoms with Crippen molar-refractivity contribution in [3.05, 3.63) is 143 Å². The van der Waals surface area contributed by atoms with Gasteiger partial charge in [0.2, 0.25) is 0 Å². The number of hydrogen-bond acceptors (Lipinski definition) is 2. The first kappa shape index (κ1) is 20.5. The van der Waals surface area contributed by atoms with Gasteiger partial charge >= 0.3 is 0 Å². The molecule has 5 rings (SSSR count). The highest BCUT2D eigenvalue weighted by atomic mass is 16.5. The summed E-state index contributed by atoms with van der Waals surface area (Å²) in [6.07, 6.45) is 1.92. The number of aromatic nitrogens is 1. The average Bonchev–Trinajstić information content (AvgIpc) is 2.88. The molecule has 0 fully saturated rings. The third kappa shape index (κ3) is 4.48. The molecule has 0 unspecified atom stereocenters. The fourth-order valence-corrected chi connectivity index (χ4v) is 4.06. The van der Waals surface area contributed by atoms with Gasteiger partial charge < -0.3 is 5.21 Å². The zero-order chi connectivity index (χ0) is 22.6. The standard InChI is InChI=1S/C30H23NO2/c32-30-28(19-22-11-13-25(14-12-22)23-7-3-1-4-8-23)20-29(21-31(30)33)27-17-15-26(16-18-27)24-9-5-2-6-10-24/h1-18,20-21,33H,19H2. The maximum Gasteiger partial charge on any atom is 0.286 e. The molecule has 0 spiro atoms. The van der Waals surface area contributed by atoms with E-state index in [4.69, 9.17) is 0 Å². The van der Waals surface area contributed by atoms with Crippen LogP contribution >= 0.6 is 0 Å². The molecule has 33 heavy (non-hydrogen) atoms. The van der Waals surface area contributed by atoms with Gasteiger partial charge in [0.25, 0.3) is 5.56 Å². The lowest BCUT2D eigenvalue weighted by Gasteiger charge is -2.10. The van der Waals surface area contributed by atoms with E-state index in [1.54, 1.807) is 0 Å². The van der Waals surface area contributed by atoms with Gasteiger partial charge in [0.05, 0.1) is 6.20 Å². The van der Waals surface area contributed by atoms with Gasteiger partial charge in [-0.2, -0.15) is 4.73 Å². The number of rotatable bonds is 5. The lowest BCUT2D eigenvalue weighted by atomic mass is 9.98. The second-order valence-corrected chi connectivity index (χ2v) is 8.09. The smallest absolute Gasteiger partial charge is 0.286 e. The molecular weight excluding hydrogens is 406 g/mol. The largest absolute Gasteiger partial charge is 0.425 e. The Bertz CT molecular complexity index is 1420. The second-order valence-electron chi connectivity index (χ2n) is 8.09. The van der Waals surface area contributed by atoms with Crippen LogP contribution in [0.1, 0.15) is 11.1 Å². The van der Waals surface area contributed by atoms with Crippen molar-refractivity contribution in [1.29, 1.82) is 0 Å². The van der Waals surface area contributed by atoms with E-state index in [1.165, 1.54) is 6.20 Å². The number of benzene rings is 4. The van der Waals surface area contributed by atoms with Gasteiger partial charge in [-0.05, 0) is 39.4 Å². The monoisotopic (exact) mass is 429 g/mol. The van der Waals surface area contributed by atoms with Crippen molar-refractivity contribution in [1.82, 2.24) is 4.73 Å². The molecule has 3 nitrogen and oxygen atoms in total. The van der Waals surface area contributed by atoms with Crippen molar-refractivity contribution < 1.29 is 5.21 Å². The lowest BCUT2D eigenvalue weighted by molar-refractivity contribution is 0.174. The van der Waals surface area contributed by atoms with E-state index in [9.17, 15) is 10.0 Å². The molecule has 0 aliphatic rings. The Morgan fingerprint density at radius 1 is 0.545 bits per heavy atom. The highest BCUT2D eigenvalue weighted by molar-refractivity contribution is 5.70. The van der Waals surface area contributed by atoms with Gasteiger partial charge in [-0.25, -0.2) is 0 Å². The van der Waals surface area contributed by atoms with Gasteiger partial charge in [0.1, 0.15) is 0 Å². The zero-order valence-electron chi connectivity index (χ0n) is 18.1. The molecule has 1 aromatic heterocycles. The Hall–Kier alpha value is -4.37. The summed E-state index contributed by atoms with van der Waals surface area (Å²) in [5.74, 6) is 0. The first-order valence-electron chi connectivity index (χ1n) is 10.9. The number of hydrogen-bond donors (Lipinski definition) is 1. The third-order valence-corrected chi connectivity index (χ3v) is 5.85. The summed E-state index contributed by atoms with van der Waals surface area (Å²) < 4.78 is 0.689. The van der Waals surface area contributed by atoms with E-state index in [2.05, 4.69) is 48.5 Å². The van der Waals surface area contributed by atoms with Crippen LogP contribution in [-0.4, -0.2) is 9.94 Å². The van der Waals surface area contributed by atoms with Gasteiger partial charge in [0, 0.05) is 17.5 Å². The van der Waals surface area contributed by atoms with Crippen molar-refractivity contribution in [2.45, 2.75) is 6.42 Å². The Kier molecular flexibility index (Phi) is 5.61. The highest BCUT2D eigenvalue weighted by Gasteiger charge is 2.10. The Morgan fingerprint density at radius 2 is 0.970 bits per heavy atom. The van der Waals surface area contributed by atoms with Crippen LogP contribution in [0.5, 0.6) is 0 Å². The molecule has 4 aromatic carbocycles. The van der Waals surface area contributed by atoms with Crippen molar-refractivity contribution in [2.75, 3.05) is 0 Å². The summed E-state index contributed by atoms with van der Waals surface area (Å²) in [7, 11) is 0. The molecule has 0 amide bonds. The van der Waals surface area contributed by atoms with Gasteiger partial charge in [-0.3, -0.25) is 4.79 Å². The molecule has 1 N–H and O–H groups in total. The van der Waals surface area contributed by atoms with Crippen molar-refractivity contribution in [2.24, 2.45) is 0 Å². The quantitative estimate of drug-likeness (QED) is 0.317. The zero-order valence-corrected chi connectivity index (χ0v) is 18.1. The highest BCUT2D eigenvalue weighted by Crippen LogP contribution is 2.25. The predicted molar refractivity (Wildman–Crippen MR) is 133 cm³/mol. The molecule has 5 aromatic rings. The van der Waals surface area contributed by atoms with E-state index in [0.29, 0.717) is 16.7 Å². The normalized spacial score (nSPS) is 10.8. The minimum atomic E-state index is -0.396. The van der Waals surface area contributed by atoms with Crippen molar-refractivity contribution in [3.8, 4) is 33.4 Å². The summed E-state index contributed by atoms with van der Waals surface area (Å²) in [6.45, 7) is 0. The predicted octanol–water partition coefficient (Wildman–Crippen LogP) is 6.68. The van der Waals surface area contributed by atoms with Gasteiger partial charge in [0.15, 0.2) is 0 Å². The molecule has 0 radical (unpaired) electrons. The van der Waals surface area contributed by atoms with Gasteiger partial charge in [-0.1, -0.05) is 109 Å². The van der Waals surface area contributed by atoms with Crippen LogP contribution in [-0.2, 0) is 6.42 Å². The molecule has 160 valence electrons. The summed E-state index contributed by atoms with van der Waals surface area (Å²) in [5.41, 5.74) is 7.47. The Morgan fingerprint density at radius 3 is 1.48 bits per heavy atom. The van der Waals surface area contributed by atoms with E-state index < -0.39 is 5.56 Å². The van der Waals surface area contributed by atoms with Crippen LogP contribution in [0.15, 0.2) is 126 Å². The van der Waals surface area contributed by atoms with Crippen LogP contribution in [0, 0.1) is 0 Å². The van der Waals surface area contributed by atoms with E-state index in [-0.39, 0.29) is 0 Å². The van der Waals surface area contributed by atoms with Crippen LogP contribution in [0.4, 0.5) is 0 Å². The molecule has 0 bridgehead atoms. The van der Waals surface area contributed by atoms with Crippen LogP contribution in [0.3, 0.4) is 0 Å². The maximum absolute atomic E-state index is 12.6. The van der Waals surface area contributed by atoms with Crippen LogP contribution < -0.4 is 5.56 Å². The van der Waals surface area contributed by atoms with Crippen LogP contribution in [0.2, 0.25) is 0 Å². The second kappa shape index (κ2) is 9.01. The molecule has 0 saturated carbocycles. The SMILES string of the molecule is O=c1c(Cc2ccc(-c3ccccc3)cc2)cc(-c2ccc(-c3ccccc3)cc2)cn1O. The van der Waals surface area contributed by atoms with Crippen molar-refractivity contribution >= 4 is 0 Å². The number of pyridine rings is 1. The van der Waals surface area contributed by atoms with E-state index >= 15 is 0 Å². The summed E-state index contributed by atoms with van der Waals surface area (Å²) >= 11 is 0. The topological polar surface area (TPSA) is 42.2 Å². The Balaban J connectivity index is 1.42. The van der Waals surface area contributed by atoms with Gasteiger partial charge in [-0.15, -0.1) is 0 Å². The number of nitrogens with zero attached hydrogens (tertiary/aromatic N) is 1. The third-order valence-electron chi connectivity index (χ3n) is 5.85.